The van der Waals surface area contributed by atoms with Gasteiger partial charge in [-0.1, -0.05) is 18.2 Å². The Hall–Kier alpha value is -4.33. The number of aromatic nitrogens is 1. The smallest absolute Gasteiger partial charge is 0.261 e. The van der Waals surface area contributed by atoms with Crippen molar-refractivity contribution in [2.45, 2.75) is 12.8 Å². The molecule has 1 aliphatic rings. The first kappa shape index (κ1) is 20.9. The third-order valence-electron chi connectivity index (χ3n) is 5.01. The van der Waals surface area contributed by atoms with E-state index >= 15 is 0 Å². The van der Waals surface area contributed by atoms with Crippen LogP contribution in [0.15, 0.2) is 73.1 Å². The minimum absolute atomic E-state index is 0.126. The third-order valence-corrected chi connectivity index (χ3v) is 5.01. The Bertz CT molecular complexity index is 1160. The molecular weight excluding hydrogens is 408 g/mol. The SMILES string of the molecule is O=C(CCCN1C(=O)c2ccccc2C1=O)Nc1cccc(C(=O)Nc2ccncc2)c1. The molecule has 0 bridgehead atoms. The molecule has 0 fully saturated rings. The monoisotopic (exact) mass is 428 g/mol. The Morgan fingerprint density at radius 3 is 2.19 bits per heavy atom. The van der Waals surface area contributed by atoms with E-state index in [1.807, 2.05) is 0 Å². The van der Waals surface area contributed by atoms with Crippen LogP contribution in [0.1, 0.15) is 43.9 Å². The van der Waals surface area contributed by atoms with Crippen molar-refractivity contribution in [2.24, 2.45) is 0 Å². The van der Waals surface area contributed by atoms with Crippen LogP contribution in [0.4, 0.5) is 11.4 Å². The lowest BCUT2D eigenvalue weighted by Gasteiger charge is -2.13. The lowest BCUT2D eigenvalue weighted by molar-refractivity contribution is -0.116. The second-order valence-corrected chi connectivity index (χ2v) is 7.23. The van der Waals surface area contributed by atoms with Crippen LogP contribution in [0.2, 0.25) is 0 Å². The van der Waals surface area contributed by atoms with Gasteiger partial charge in [0, 0.05) is 42.3 Å². The summed E-state index contributed by atoms with van der Waals surface area (Å²) in [5.74, 6) is -1.25. The van der Waals surface area contributed by atoms with E-state index in [1.54, 1.807) is 73.1 Å². The number of carbonyl (C=O) groups is 4. The maximum Gasteiger partial charge on any atom is 0.261 e. The number of hydrogen-bond donors (Lipinski definition) is 2. The van der Waals surface area contributed by atoms with Gasteiger partial charge in [-0.15, -0.1) is 0 Å². The Morgan fingerprint density at radius 2 is 1.50 bits per heavy atom. The topological polar surface area (TPSA) is 108 Å². The summed E-state index contributed by atoms with van der Waals surface area (Å²) in [7, 11) is 0. The number of imide groups is 1. The van der Waals surface area contributed by atoms with Crippen LogP contribution in [-0.2, 0) is 4.79 Å². The van der Waals surface area contributed by atoms with Gasteiger partial charge >= 0.3 is 0 Å². The number of hydrogen-bond acceptors (Lipinski definition) is 5. The molecule has 0 saturated carbocycles. The molecule has 4 amide bonds. The molecule has 0 unspecified atom stereocenters. The summed E-state index contributed by atoms with van der Waals surface area (Å²) < 4.78 is 0. The molecule has 2 N–H and O–H groups in total. The van der Waals surface area contributed by atoms with Crippen LogP contribution in [0.5, 0.6) is 0 Å². The molecule has 1 aromatic heterocycles. The van der Waals surface area contributed by atoms with Crippen molar-refractivity contribution in [1.29, 1.82) is 0 Å². The number of nitrogens with zero attached hydrogens (tertiary/aromatic N) is 2. The fourth-order valence-corrected chi connectivity index (χ4v) is 3.44. The van der Waals surface area contributed by atoms with Crippen molar-refractivity contribution in [3.8, 4) is 0 Å². The molecule has 1 aliphatic heterocycles. The van der Waals surface area contributed by atoms with E-state index in [1.165, 1.54) is 4.90 Å². The highest BCUT2D eigenvalue weighted by Gasteiger charge is 2.34. The number of nitrogens with one attached hydrogen (secondary N) is 2. The summed E-state index contributed by atoms with van der Waals surface area (Å²) in [6.07, 6.45) is 3.61. The molecule has 0 saturated heterocycles. The minimum Gasteiger partial charge on any atom is -0.326 e. The molecule has 32 heavy (non-hydrogen) atoms. The van der Waals surface area contributed by atoms with Gasteiger partial charge in [0.15, 0.2) is 0 Å². The first-order valence-corrected chi connectivity index (χ1v) is 10.1. The maximum absolute atomic E-state index is 12.4. The van der Waals surface area contributed by atoms with Crippen molar-refractivity contribution in [3.63, 3.8) is 0 Å². The van der Waals surface area contributed by atoms with E-state index in [0.29, 0.717) is 34.5 Å². The third kappa shape index (κ3) is 4.54. The molecule has 3 aromatic rings. The molecule has 8 nitrogen and oxygen atoms in total. The largest absolute Gasteiger partial charge is 0.326 e. The molecule has 0 atom stereocenters. The van der Waals surface area contributed by atoms with Crippen molar-refractivity contribution in [3.05, 3.63) is 89.7 Å². The summed E-state index contributed by atoms with van der Waals surface area (Å²) in [6, 6.07) is 16.6. The average molecular weight is 428 g/mol. The molecule has 4 rings (SSSR count). The number of fused-ring (bicyclic) bond motifs is 1. The van der Waals surface area contributed by atoms with Gasteiger partial charge in [0.1, 0.15) is 0 Å². The van der Waals surface area contributed by atoms with Crippen LogP contribution >= 0.6 is 0 Å². The maximum atomic E-state index is 12.4. The van der Waals surface area contributed by atoms with Gasteiger partial charge in [-0.25, -0.2) is 0 Å². The number of rotatable bonds is 7. The van der Waals surface area contributed by atoms with Gasteiger partial charge in [-0.2, -0.15) is 0 Å². The normalized spacial score (nSPS) is 12.4. The standard InChI is InChI=1S/C24H20N4O4/c29-21(9-4-14-28-23(31)19-7-1-2-8-20(19)24(28)32)26-18-6-3-5-16(15-18)22(30)27-17-10-12-25-13-11-17/h1-3,5-8,10-13,15H,4,9,14H2,(H,26,29)(H,25,27,30). The molecule has 2 aromatic carbocycles. The Kier molecular flexibility index (Phi) is 6.03. The van der Waals surface area contributed by atoms with Crippen LogP contribution in [0.3, 0.4) is 0 Å². The summed E-state index contributed by atoms with van der Waals surface area (Å²) in [5, 5.41) is 5.51. The molecule has 2 heterocycles. The van der Waals surface area contributed by atoms with Crippen molar-refractivity contribution < 1.29 is 19.2 Å². The summed E-state index contributed by atoms with van der Waals surface area (Å²) in [4.78, 5) is 54.6. The van der Waals surface area contributed by atoms with Gasteiger partial charge in [-0.05, 0) is 48.9 Å². The number of pyridine rings is 1. The molecule has 0 spiro atoms. The molecule has 0 aliphatic carbocycles. The number of amides is 4. The fraction of sp³-hybridized carbons (Fsp3) is 0.125. The average Bonchev–Trinajstić information content (AvgIpc) is 3.05. The molecule has 0 radical (unpaired) electrons. The Labute approximate surface area is 184 Å². The van der Waals surface area contributed by atoms with Crippen LogP contribution in [-0.4, -0.2) is 40.1 Å². The van der Waals surface area contributed by atoms with E-state index in [0.717, 1.165) is 0 Å². The van der Waals surface area contributed by atoms with Gasteiger partial charge in [0.2, 0.25) is 5.91 Å². The zero-order valence-corrected chi connectivity index (χ0v) is 17.1. The van der Waals surface area contributed by atoms with Crippen LogP contribution < -0.4 is 10.6 Å². The van der Waals surface area contributed by atoms with E-state index in [-0.39, 0.29) is 36.6 Å². The quantitative estimate of drug-likeness (QED) is 0.561. The second kappa shape index (κ2) is 9.22. The lowest BCUT2D eigenvalue weighted by Crippen LogP contribution is -2.31. The van der Waals surface area contributed by atoms with Gasteiger partial charge < -0.3 is 10.6 Å². The van der Waals surface area contributed by atoms with Crippen LogP contribution in [0.25, 0.3) is 0 Å². The molecular formula is C24H20N4O4. The van der Waals surface area contributed by atoms with E-state index in [4.69, 9.17) is 0 Å². The summed E-state index contributed by atoms with van der Waals surface area (Å²) in [5.41, 5.74) is 2.28. The van der Waals surface area contributed by atoms with Gasteiger partial charge in [0.05, 0.1) is 11.1 Å². The number of anilines is 2. The van der Waals surface area contributed by atoms with Gasteiger partial charge in [-0.3, -0.25) is 29.1 Å². The van der Waals surface area contributed by atoms with Crippen molar-refractivity contribution >= 4 is 35.0 Å². The fourth-order valence-electron chi connectivity index (χ4n) is 3.44. The summed E-state index contributed by atoms with van der Waals surface area (Å²) >= 11 is 0. The van der Waals surface area contributed by atoms with E-state index < -0.39 is 0 Å². The lowest BCUT2D eigenvalue weighted by atomic mass is 10.1. The molecule has 160 valence electrons. The van der Waals surface area contributed by atoms with Crippen molar-refractivity contribution in [2.75, 3.05) is 17.2 Å². The first-order chi connectivity index (χ1) is 15.5. The highest BCUT2D eigenvalue weighted by molar-refractivity contribution is 6.21. The van der Waals surface area contributed by atoms with Crippen molar-refractivity contribution in [1.82, 2.24) is 9.88 Å². The second-order valence-electron chi connectivity index (χ2n) is 7.23. The van der Waals surface area contributed by atoms with E-state index in [2.05, 4.69) is 15.6 Å². The highest BCUT2D eigenvalue weighted by atomic mass is 16.2. The van der Waals surface area contributed by atoms with Crippen LogP contribution in [0, 0.1) is 0 Å². The molecule has 8 heteroatoms. The highest BCUT2D eigenvalue weighted by Crippen LogP contribution is 2.22. The Morgan fingerprint density at radius 1 is 0.812 bits per heavy atom. The zero-order chi connectivity index (χ0) is 22.5. The predicted octanol–water partition coefficient (Wildman–Crippen LogP) is 3.35. The zero-order valence-electron chi connectivity index (χ0n) is 17.1. The van der Waals surface area contributed by atoms with Gasteiger partial charge in [0.25, 0.3) is 17.7 Å². The number of benzene rings is 2. The summed E-state index contributed by atoms with van der Waals surface area (Å²) in [6.45, 7) is 0.161. The minimum atomic E-state index is -0.334. The Balaban J connectivity index is 1.29. The first-order valence-electron chi connectivity index (χ1n) is 10.1. The van der Waals surface area contributed by atoms with E-state index in [9.17, 15) is 19.2 Å². The predicted molar refractivity (Wildman–Crippen MR) is 118 cm³/mol. The number of carbonyl (C=O) groups excluding carboxylic acids is 4.